The summed E-state index contributed by atoms with van der Waals surface area (Å²) in [7, 11) is 0. The summed E-state index contributed by atoms with van der Waals surface area (Å²) < 4.78 is 0. The van der Waals surface area contributed by atoms with E-state index >= 15 is 0 Å². The standard InChI is InChI=1S/C20H16/c1-14-17(15-7-3-2-4-8-15)11-12-19-18-10-6-5-9-16(18)13-20(14)19/h2-12H,13H2,1H3. The molecule has 3 aromatic rings. The molecule has 0 N–H and O–H groups in total. The van der Waals surface area contributed by atoms with Gasteiger partial charge < -0.3 is 0 Å². The highest BCUT2D eigenvalue weighted by Crippen LogP contribution is 2.41. The predicted octanol–water partition coefficient (Wildman–Crippen LogP) is 5.23. The minimum absolute atomic E-state index is 1.07. The van der Waals surface area contributed by atoms with Crippen LogP contribution in [-0.2, 0) is 6.42 Å². The van der Waals surface area contributed by atoms with Crippen molar-refractivity contribution in [2.75, 3.05) is 0 Å². The first-order valence-corrected chi connectivity index (χ1v) is 7.11. The molecule has 0 fully saturated rings. The van der Waals surface area contributed by atoms with Crippen molar-refractivity contribution >= 4 is 0 Å². The van der Waals surface area contributed by atoms with E-state index in [1.165, 1.54) is 38.9 Å². The summed E-state index contributed by atoms with van der Waals surface area (Å²) >= 11 is 0. The Balaban J connectivity index is 1.91. The Labute approximate surface area is 119 Å². The van der Waals surface area contributed by atoms with Crippen LogP contribution in [0.15, 0.2) is 66.7 Å². The van der Waals surface area contributed by atoms with Crippen molar-refractivity contribution < 1.29 is 0 Å². The molecule has 0 aliphatic heterocycles. The molecule has 4 rings (SSSR count). The molecule has 0 spiro atoms. The highest BCUT2D eigenvalue weighted by molar-refractivity contribution is 5.82. The highest BCUT2D eigenvalue weighted by Gasteiger charge is 2.20. The molecule has 0 atom stereocenters. The third kappa shape index (κ3) is 1.61. The second-order valence-electron chi connectivity index (χ2n) is 5.46. The van der Waals surface area contributed by atoms with Crippen molar-refractivity contribution in [3.05, 3.63) is 83.4 Å². The molecule has 0 aromatic heterocycles. The normalized spacial score (nSPS) is 12.1. The van der Waals surface area contributed by atoms with Gasteiger partial charge in [-0.2, -0.15) is 0 Å². The first kappa shape index (κ1) is 11.5. The summed E-state index contributed by atoms with van der Waals surface area (Å²) in [4.78, 5) is 0. The summed E-state index contributed by atoms with van der Waals surface area (Å²) in [5.41, 5.74) is 9.86. The Kier molecular flexibility index (Phi) is 2.50. The highest BCUT2D eigenvalue weighted by atomic mass is 14.2. The van der Waals surface area contributed by atoms with E-state index in [1.54, 1.807) is 0 Å². The number of rotatable bonds is 1. The molecule has 1 aliphatic carbocycles. The van der Waals surface area contributed by atoms with Gasteiger partial charge in [-0.1, -0.05) is 66.7 Å². The van der Waals surface area contributed by atoms with E-state index < -0.39 is 0 Å². The Bertz CT molecular complexity index is 782. The Morgan fingerprint density at radius 1 is 0.650 bits per heavy atom. The molecular weight excluding hydrogens is 240 g/mol. The van der Waals surface area contributed by atoms with Gasteiger partial charge in [-0.25, -0.2) is 0 Å². The van der Waals surface area contributed by atoms with E-state index in [1.807, 2.05) is 0 Å². The van der Waals surface area contributed by atoms with Gasteiger partial charge in [0.2, 0.25) is 0 Å². The van der Waals surface area contributed by atoms with Crippen LogP contribution < -0.4 is 0 Å². The largest absolute Gasteiger partial charge is 0.0622 e. The van der Waals surface area contributed by atoms with Gasteiger partial charge in [-0.05, 0) is 52.3 Å². The van der Waals surface area contributed by atoms with Crippen LogP contribution in [0.2, 0.25) is 0 Å². The van der Waals surface area contributed by atoms with Gasteiger partial charge >= 0.3 is 0 Å². The molecular formula is C20H16. The lowest BCUT2D eigenvalue weighted by molar-refractivity contribution is 1.22. The summed E-state index contributed by atoms with van der Waals surface area (Å²) in [6.07, 6.45) is 1.07. The zero-order valence-corrected chi connectivity index (χ0v) is 11.6. The van der Waals surface area contributed by atoms with E-state index in [-0.39, 0.29) is 0 Å². The van der Waals surface area contributed by atoms with Gasteiger partial charge in [0, 0.05) is 0 Å². The molecule has 0 heterocycles. The summed E-state index contributed by atoms with van der Waals surface area (Å²) in [6.45, 7) is 2.26. The molecule has 0 amide bonds. The molecule has 0 saturated carbocycles. The van der Waals surface area contributed by atoms with Crippen LogP contribution in [0.5, 0.6) is 0 Å². The van der Waals surface area contributed by atoms with E-state index in [4.69, 9.17) is 0 Å². The quantitative estimate of drug-likeness (QED) is 0.437. The van der Waals surface area contributed by atoms with E-state index in [0.29, 0.717) is 0 Å². The van der Waals surface area contributed by atoms with Crippen molar-refractivity contribution in [2.45, 2.75) is 13.3 Å². The zero-order chi connectivity index (χ0) is 13.5. The smallest absolute Gasteiger partial charge is 0.00106 e. The Hall–Kier alpha value is -2.34. The van der Waals surface area contributed by atoms with E-state index in [0.717, 1.165) is 6.42 Å². The van der Waals surface area contributed by atoms with Crippen LogP contribution in [0, 0.1) is 6.92 Å². The number of hydrogen-bond donors (Lipinski definition) is 0. The molecule has 0 unspecified atom stereocenters. The maximum atomic E-state index is 2.29. The predicted molar refractivity (Wildman–Crippen MR) is 84.9 cm³/mol. The van der Waals surface area contributed by atoms with Gasteiger partial charge in [-0.3, -0.25) is 0 Å². The van der Waals surface area contributed by atoms with Crippen molar-refractivity contribution in [1.29, 1.82) is 0 Å². The van der Waals surface area contributed by atoms with Crippen molar-refractivity contribution in [2.24, 2.45) is 0 Å². The van der Waals surface area contributed by atoms with Crippen LogP contribution in [0.25, 0.3) is 22.3 Å². The minimum Gasteiger partial charge on any atom is -0.0622 e. The van der Waals surface area contributed by atoms with Crippen molar-refractivity contribution in [3.8, 4) is 22.3 Å². The molecule has 0 bridgehead atoms. The fourth-order valence-electron chi connectivity index (χ4n) is 3.30. The first-order valence-electron chi connectivity index (χ1n) is 7.11. The van der Waals surface area contributed by atoms with Gasteiger partial charge in [0.15, 0.2) is 0 Å². The second-order valence-corrected chi connectivity index (χ2v) is 5.46. The van der Waals surface area contributed by atoms with Gasteiger partial charge in [0.25, 0.3) is 0 Å². The van der Waals surface area contributed by atoms with E-state index in [9.17, 15) is 0 Å². The van der Waals surface area contributed by atoms with Crippen LogP contribution >= 0.6 is 0 Å². The molecule has 0 heteroatoms. The third-order valence-electron chi connectivity index (χ3n) is 4.36. The van der Waals surface area contributed by atoms with Crippen molar-refractivity contribution in [1.82, 2.24) is 0 Å². The average molecular weight is 256 g/mol. The first-order chi connectivity index (χ1) is 9.84. The molecule has 0 nitrogen and oxygen atoms in total. The molecule has 0 saturated heterocycles. The summed E-state index contributed by atoms with van der Waals surface area (Å²) in [6, 6.07) is 24.0. The third-order valence-corrected chi connectivity index (χ3v) is 4.36. The lowest BCUT2D eigenvalue weighted by Gasteiger charge is -2.11. The molecule has 1 aliphatic rings. The van der Waals surface area contributed by atoms with Crippen LogP contribution in [-0.4, -0.2) is 0 Å². The Morgan fingerprint density at radius 3 is 2.20 bits per heavy atom. The Morgan fingerprint density at radius 2 is 1.35 bits per heavy atom. The maximum absolute atomic E-state index is 2.29. The lowest BCUT2D eigenvalue weighted by Crippen LogP contribution is -1.91. The van der Waals surface area contributed by atoms with Gasteiger partial charge in [-0.15, -0.1) is 0 Å². The molecule has 3 aromatic carbocycles. The lowest BCUT2D eigenvalue weighted by atomic mass is 9.93. The number of benzene rings is 3. The minimum atomic E-state index is 1.07. The average Bonchev–Trinajstić information content (AvgIpc) is 2.88. The second kappa shape index (κ2) is 4.35. The fourth-order valence-corrected chi connectivity index (χ4v) is 3.30. The van der Waals surface area contributed by atoms with Crippen molar-refractivity contribution in [3.63, 3.8) is 0 Å². The summed E-state index contributed by atoms with van der Waals surface area (Å²) in [5.74, 6) is 0. The number of hydrogen-bond acceptors (Lipinski definition) is 0. The monoisotopic (exact) mass is 256 g/mol. The van der Waals surface area contributed by atoms with Crippen LogP contribution in [0.3, 0.4) is 0 Å². The topological polar surface area (TPSA) is 0 Å². The molecule has 20 heavy (non-hydrogen) atoms. The zero-order valence-electron chi connectivity index (χ0n) is 11.6. The van der Waals surface area contributed by atoms with Crippen LogP contribution in [0.4, 0.5) is 0 Å². The van der Waals surface area contributed by atoms with Gasteiger partial charge in [0.05, 0.1) is 0 Å². The fraction of sp³-hybridized carbons (Fsp3) is 0.100. The maximum Gasteiger partial charge on any atom is -0.00106 e. The van der Waals surface area contributed by atoms with Crippen LogP contribution in [0.1, 0.15) is 16.7 Å². The summed E-state index contributed by atoms with van der Waals surface area (Å²) in [5, 5.41) is 0. The molecule has 96 valence electrons. The van der Waals surface area contributed by atoms with E-state index in [2.05, 4.69) is 73.7 Å². The SMILES string of the molecule is Cc1c(-c2ccccc2)ccc2c1Cc1ccccc1-2. The molecule has 0 radical (unpaired) electrons. The number of fused-ring (bicyclic) bond motifs is 3. The van der Waals surface area contributed by atoms with Gasteiger partial charge in [0.1, 0.15) is 0 Å².